The number of nitrogens with one attached hydrogen (secondary N) is 1. The van der Waals surface area contributed by atoms with Crippen LogP contribution in [0.3, 0.4) is 0 Å². The monoisotopic (exact) mass is 169 g/mol. The molecule has 0 aliphatic carbocycles. The topological polar surface area (TPSA) is 62.3 Å². The summed E-state index contributed by atoms with van der Waals surface area (Å²) in [5, 5.41) is 9.27. The average molecular weight is 169 g/mol. The lowest BCUT2D eigenvalue weighted by Crippen LogP contribution is -2.00. The van der Waals surface area contributed by atoms with E-state index in [1.807, 2.05) is 0 Å². The van der Waals surface area contributed by atoms with E-state index in [0.717, 1.165) is 0 Å². The minimum atomic E-state index is -0.944. The van der Waals surface area contributed by atoms with Gasteiger partial charge in [0.15, 0.2) is 12.6 Å². The molecule has 0 fully saturated rings. The number of hydrogen-bond donors (Lipinski definition) is 2. The van der Waals surface area contributed by atoms with Crippen molar-refractivity contribution in [3.05, 3.63) is 23.5 Å². The van der Waals surface area contributed by atoms with E-state index >= 15 is 0 Å². The summed E-state index contributed by atoms with van der Waals surface area (Å²) < 4.78 is 4.91. The molecule has 0 saturated carbocycles. The zero-order valence-electron chi connectivity index (χ0n) is 6.78. The molecular weight excluding hydrogens is 158 g/mol. The molecule has 0 bridgehead atoms. The second kappa shape index (κ2) is 4.04. The van der Waals surface area contributed by atoms with Crippen LogP contribution in [0.15, 0.2) is 12.3 Å². The van der Waals surface area contributed by atoms with Crippen molar-refractivity contribution in [3.8, 4) is 0 Å². The predicted molar refractivity (Wildman–Crippen MR) is 42.8 cm³/mol. The molecule has 0 aliphatic heterocycles. The third-order valence-corrected chi connectivity index (χ3v) is 1.46. The Morgan fingerprint density at radius 3 is 3.08 bits per heavy atom. The van der Waals surface area contributed by atoms with E-state index in [1.165, 1.54) is 0 Å². The largest absolute Gasteiger partial charge is 0.364 e. The Morgan fingerprint density at radius 2 is 2.58 bits per heavy atom. The van der Waals surface area contributed by atoms with Gasteiger partial charge in [-0.2, -0.15) is 0 Å². The highest BCUT2D eigenvalue weighted by Crippen LogP contribution is 2.13. The Labute approximate surface area is 70.2 Å². The molecule has 0 aliphatic rings. The normalized spacial score (nSPS) is 12.8. The standard InChI is InChI=1S/C8H11NO3/c1-2-12-8(11)6-3-7(5-10)9-4-6/h3-5,8-9,11H,2H2,1H3. The van der Waals surface area contributed by atoms with Crippen LogP contribution in [0.5, 0.6) is 0 Å². The summed E-state index contributed by atoms with van der Waals surface area (Å²) in [5.74, 6) is 0. The van der Waals surface area contributed by atoms with E-state index < -0.39 is 6.29 Å². The number of aromatic nitrogens is 1. The molecule has 12 heavy (non-hydrogen) atoms. The van der Waals surface area contributed by atoms with Gasteiger partial charge in [0.05, 0.1) is 5.69 Å². The Kier molecular flexibility index (Phi) is 3.01. The number of aliphatic hydroxyl groups is 1. The number of hydrogen-bond acceptors (Lipinski definition) is 3. The smallest absolute Gasteiger partial charge is 0.182 e. The van der Waals surface area contributed by atoms with Gasteiger partial charge < -0.3 is 14.8 Å². The van der Waals surface area contributed by atoms with Crippen molar-refractivity contribution >= 4 is 6.29 Å². The summed E-state index contributed by atoms with van der Waals surface area (Å²) >= 11 is 0. The maximum absolute atomic E-state index is 10.2. The van der Waals surface area contributed by atoms with E-state index in [-0.39, 0.29) is 0 Å². The minimum Gasteiger partial charge on any atom is -0.364 e. The van der Waals surface area contributed by atoms with Crippen molar-refractivity contribution in [3.63, 3.8) is 0 Å². The van der Waals surface area contributed by atoms with Crippen LogP contribution < -0.4 is 0 Å². The molecule has 0 spiro atoms. The molecule has 66 valence electrons. The number of rotatable bonds is 4. The molecule has 1 aromatic rings. The number of ether oxygens (including phenoxy) is 1. The van der Waals surface area contributed by atoms with E-state index in [0.29, 0.717) is 24.2 Å². The lowest BCUT2D eigenvalue weighted by molar-refractivity contribution is -0.0978. The van der Waals surface area contributed by atoms with Gasteiger partial charge in [-0.3, -0.25) is 4.79 Å². The van der Waals surface area contributed by atoms with E-state index in [2.05, 4.69) is 4.98 Å². The third-order valence-electron chi connectivity index (χ3n) is 1.46. The summed E-state index contributed by atoms with van der Waals surface area (Å²) in [6.45, 7) is 2.22. The highest BCUT2D eigenvalue weighted by atomic mass is 16.6. The van der Waals surface area contributed by atoms with Crippen molar-refractivity contribution in [1.29, 1.82) is 0 Å². The summed E-state index contributed by atoms with van der Waals surface area (Å²) in [5.41, 5.74) is 1.00. The van der Waals surface area contributed by atoms with Gasteiger partial charge >= 0.3 is 0 Å². The van der Waals surface area contributed by atoms with Gasteiger partial charge in [0, 0.05) is 18.4 Å². The number of carbonyl (C=O) groups excluding carboxylic acids is 1. The summed E-state index contributed by atoms with van der Waals surface area (Å²) in [4.78, 5) is 12.9. The number of aliphatic hydroxyl groups excluding tert-OH is 1. The quantitative estimate of drug-likeness (QED) is 0.519. The Hall–Kier alpha value is -1.13. The van der Waals surface area contributed by atoms with Crippen LogP contribution in [0, 0.1) is 0 Å². The second-order valence-corrected chi connectivity index (χ2v) is 2.31. The molecular formula is C8H11NO3. The van der Waals surface area contributed by atoms with Crippen LogP contribution in [0.2, 0.25) is 0 Å². The van der Waals surface area contributed by atoms with Crippen LogP contribution in [0.1, 0.15) is 29.3 Å². The minimum absolute atomic E-state index is 0.433. The van der Waals surface area contributed by atoms with Gasteiger partial charge in [-0.15, -0.1) is 0 Å². The fourth-order valence-electron chi connectivity index (χ4n) is 0.894. The summed E-state index contributed by atoms with van der Waals surface area (Å²) in [6.07, 6.45) is 1.28. The lowest BCUT2D eigenvalue weighted by atomic mass is 10.3. The first kappa shape index (κ1) is 8.96. The van der Waals surface area contributed by atoms with Gasteiger partial charge in [-0.25, -0.2) is 0 Å². The van der Waals surface area contributed by atoms with Crippen LogP contribution in [0.4, 0.5) is 0 Å². The molecule has 4 nitrogen and oxygen atoms in total. The van der Waals surface area contributed by atoms with Crippen LogP contribution in [-0.2, 0) is 4.74 Å². The second-order valence-electron chi connectivity index (χ2n) is 2.31. The van der Waals surface area contributed by atoms with Crippen molar-refractivity contribution in [1.82, 2.24) is 4.98 Å². The SMILES string of the molecule is CCOC(O)c1c[nH]c(C=O)c1. The van der Waals surface area contributed by atoms with E-state index in [4.69, 9.17) is 4.74 Å². The number of aldehydes is 1. The van der Waals surface area contributed by atoms with Gasteiger partial charge in [0.2, 0.25) is 0 Å². The maximum atomic E-state index is 10.2. The average Bonchev–Trinajstić information content (AvgIpc) is 2.52. The van der Waals surface area contributed by atoms with Gasteiger partial charge in [0.1, 0.15) is 0 Å². The van der Waals surface area contributed by atoms with E-state index in [9.17, 15) is 9.90 Å². The van der Waals surface area contributed by atoms with Gasteiger partial charge in [-0.05, 0) is 13.0 Å². The Balaban J connectivity index is 2.67. The highest BCUT2D eigenvalue weighted by Gasteiger charge is 2.08. The zero-order valence-corrected chi connectivity index (χ0v) is 6.78. The fourth-order valence-corrected chi connectivity index (χ4v) is 0.894. The lowest BCUT2D eigenvalue weighted by Gasteiger charge is -2.06. The number of aromatic amines is 1. The first-order valence-corrected chi connectivity index (χ1v) is 3.71. The van der Waals surface area contributed by atoms with Gasteiger partial charge in [0.25, 0.3) is 0 Å². The molecule has 1 heterocycles. The number of carbonyl (C=O) groups is 1. The molecule has 2 N–H and O–H groups in total. The van der Waals surface area contributed by atoms with E-state index in [1.54, 1.807) is 19.2 Å². The molecule has 0 radical (unpaired) electrons. The molecule has 1 unspecified atom stereocenters. The van der Waals surface area contributed by atoms with Crippen molar-refractivity contribution in [2.24, 2.45) is 0 Å². The van der Waals surface area contributed by atoms with Crippen LogP contribution in [-0.4, -0.2) is 23.0 Å². The molecule has 1 atom stereocenters. The fraction of sp³-hybridized carbons (Fsp3) is 0.375. The van der Waals surface area contributed by atoms with Gasteiger partial charge in [-0.1, -0.05) is 0 Å². The van der Waals surface area contributed by atoms with Crippen molar-refractivity contribution in [2.45, 2.75) is 13.2 Å². The maximum Gasteiger partial charge on any atom is 0.182 e. The molecule has 1 aromatic heterocycles. The van der Waals surface area contributed by atoms with Crippen LogP contribution >= 0.6 is 0 Å². The Bertz CT molecular complexity index is 257. The summed E-state index contributed by atoms with van der Waals surface area (Å²) in [7, 11) is 0. The number of H-pyrrole nitrogens is 1. The molecule has 4 heteroatoms. The van der Waals surface area contributed by atoms with Crippen LogP contribution in [0.25, 0.3) is 0 Å². The first-order chi connectivity index (χ1) is 5.77. The molecule has 1 rings (SSSR count). The summed E-state index contributed by atoms with van der Waals surface area (Å²) in [6, 6.07) is 1.55. The predicted octanol–water partition coefficient (Wildman–Crippen LogP) is 0.855. The Morgan fingerprint density at radius 1 is 1.83 bits per heavy atom. The highest BCUT2D eigenvalue weighted by molar-refractivity contribution is 5.72. The molecule has 0 aromatic carbocycles. The first-order valence-electron chi connectivity index (χ1n) is 3.71. The third kappa shape index (κ3) is 1.93. The van der Waals surface area contributed by atoms with Crippen molar-refractivity contribution < 1.29 is 14.6 Å². The zero-order chi connectivity index (χ0) is 8.97. The molecule has 0 saturated heterocycles. The molecule has 0 amide bonds. The van der Waals surface area contributed by atoms with Crippen molar-refractivity contribution in [2.75, 3.05) is 6.61 Å².